The summed E-state index contributed by atoms with van der Waals surface area (Å²) in [5.74, 6) is 0.432. The lowest BCUT2D eigenvalue weighted by Crippen LogP contribution is -2.32. The molecule has 0 unspecified atom stereocenters. The minimum atomic E-state index is -4.65. The second-order valence-corrected chi connectivity index (χ2v) is 6.51. The third-order valence-corrected chi connectivity index (χ3v) is 4.10. The summed E-state index contributed by atoms with van der Waals surface area (Å²) in [5, 5.41) is 5.17. The van der Waals surface area contributed by atoms with Gasteiger partial charge in [0.2, 0.25) is 5.91 Å². The highest BCUT2D eigenvalue weighted by atomic mass is 35.5. The summed E-state index contributed by atoms with van der Waals surface area (Å²) in [7, 11) is 0. The van der Waals surface area contributed by atoms with E-state index in [9.17, 15) is 18.0 Å². The number of alkyl halides is 3. The smallest absolute Gasteiger partial charge is 0.418 e. The van der Waals surface area contributed by atoms with E-state index in [2.05, 4.69) is 10.6 Å². The van der Waals surface area contributed by atoms with Crippen molar-refractivity contribution in [3.63, 3.8) is 0 Å². The molecule has 2 aromatic carbocycles. The quantitative estimate of drug-likeness (QED) is 0.572. The van der Waals surface area contributed by atoms with E-state index in [0.717, 1.165) is 12.1 Å². The van der Waals surface area contributed by atoms with Gasteiger partial charge in [0.25, 0.3) is 0 Å². The molecule has 0 heterocycles. The molecule has 9 heteroatoms. The van der Waals surface area contributed by atoms with Crippen LogP contribution in [0.1, 0.15) is 26.3 Å². The maximum atomic E-state index is 13.2. The number of hydrogen-bond donors (Lipinski definition) is 2. The summed E-state index contributed by atoms with van der Waals surface area (Å²) in [4.78, 5) is 12.4. The molecule has 0 saturated carbocycles. The van der Waals surface area contributed by atoms with Gasteiger partial charge in [-0.05, 0) is 51.1 Å². The summed E-state index contributed by atoms with van der Waals surface area (Å²) in [6.45, 7) is 6.11. The van der Waals surface area contributed by atoms with Crippen molar-refractivity contribution in [2.24, 2.45) is 0 Å². The van der Waals surface area contributed by atoms with Crippen LogP contribution in [0, 0.1) is 0 Å². The lowest BCUT2D eigenvalue weighted by Gasteiger charge is -2.19. The fourth-order valence-electron chi connectivity index (χ4n) is 2.56. The Hall–Kier alpha value is -2.61. The van der Waals surface area contributed by atoms with Gasteiger partial charge >= 0.3 is 6.18 Å². The first kappa shape index (κ1) is 22.7. The number of benzene rings is 2. The number of rotatable bonds is 8. The standard InChI is InChI=1S/C20H22ClF3N2O3/c1-4-28-17-9-7-14(11-18(17)29-5-2)25-12(3)19(27)26-16-8-6-13(21)10-15(16)20(22,23)24/h6-12,25H,4-5H2,1-3H3,(H,26,27)/t12-/m1/s1. The Kier molecular flexibility index (Phi) is 7.61. The van der Waals surface area contributed by atoms with Gasteiger partial charge < -0.3 is 20.1 Å². The summed E-state index contributed by atoms with van der Waals surface area (Å²) in [6.07, 6.45) is -4.65. The van der Waals surface area contributed by atoms with Gasteiger partial charge in [-0.1, -0.05) is 11.6 Å². The molecule has 2 N–H and O–H groups in total. The van der Waals surface area contributed by atoms with Gasteiger partial charge in [-0.3, -0.25) is 4.79 Å². The average Bonchev–Trinajstić information content (AvgIpc) is 2.64. The molecule has 29 heavy (non-hydrogen) atoms. The first-order valence-corrected chi connectivity index (χ1v) is 9.37. The van der Waals surface area contributed by atoms with Gasteiger partial charge in [0, 0.05) is 16.8 Å². The number of anilines is 2. The van der Waals surface area contributed by atoms with E-state index in [0.29, 0.717) is 30.4 Å². The van der Waals surface area contributed by atoms with E-state index in [1.54, 1.807) is 18.2 Å². The molecular formula is C20H22ClF3N2O3. The SMILES string of the molecule is CCOc1ccc(N[C@H](C)C(=O)Nc2ccc(Cl)cc2C(F)(F)F)cc1OCC. The third kappa shape index (κ3) is 6.19. The number of nitrogens with one attached hydrogen (secondary N) is 2. The van der Waals surface area contributed by atoms with E-state index in [4.69, 9.17) is 21.1 Å². The second-order valence-electron chi connectivity index (χ2n) is 6.07. The number of ether oxygens (including phenoxy) is 2. The number of hydrogen-bond acceptors (Lipinski definition) is 4. The van der Waals surface area contributed by atoms with Crippen LogP contribution in [0.2, 0.25) is 5.02 Å². The van der Waals surface area contributed by atoms with E-state index >= 15 is 0 Å². The zero-order chi connectivity index (χ0) is 21.6. The molecule has 0 aliphatic carbocycles. The Bertz CT molecular complexity index is 859. The van der Waals surface area contributed by atoms with Crippen molar-refractivity contribution in [3.8, 4) is 11.5 Å². The maximum Gasteiger partial charge on any atom is 0.418 e. The number of carbonyl (C=O) groups excluding carboxylic acids is 1. The van der Waals surface area contributed by atoms with Crippen molar-refractivity contribution in [1.29, 1.82) is 0 Å². The second kappa shape index (κ2) is 9.73. The molecule has 1 amide bonds. The minimum Gasteiger partial charge on any atom is -0.490 e. The lowest BCUT2D eigenvalue weighted by atomic mass is 10.1. The van der Waals surface area contributed by atoms with Crippen LogP contribution in [0.4, 0.5) is 24.5 Å². The molecule has 1 atom stereocenters. The molecule has 0 saturated heterocycles. The normalized spacial score (nSPS) is 12.2. The van der Waals surface area contributed by atoms with Gasteiger partial charge in [0.1, 0.15) is 6.04 Å². The number of amides is 1. The van der Waals surface area contributed by atoms with Crippen molar-refractivity contribution >= 4 is 28.9 Å². The topological polar surface area (TPSA) is 59.6 Å². The highest BCUT2D eigenvalue weighted by Gasteiger charge is 2.34. The van der Waals surface area contributed by atoms with Crippen molar-refractivity contribution in [2.75, 3.05) is 23.8 Å². The summed E-state index contributed by atoms with van der Waals surface area (Å²) >= 11 is 5.66. The molecule has 2 aromatic rings. The molecule has 0 fully saturated rings. The Morgan fingerprint density at radius 2 is 1.72 bits per heavy atom. The predicted molar refractivity (Wildman–Crippen MR) is 107 cm³/mol. The van der Waals surface area contributed by atoms with E-state index in [1.807, 2.05) is 13.8 Å². The molecule has 5 nitrogen and oxygen atoms in total. The zero-order valence-corrected chi connectivity index (χ0v) is 16.9. The van der Waals surface area contributed by atoms with Crippen LogP contribution in [-0.2, 0) is 11.0 Å². The fourth-order valence-corrected chi connectivity index (χ4v) is 2.73. The molecule has 0 aromatic heterocycles. The van der Waals surface area contributed by atoms with Gasteiger partial charge in [0.05, 0.1) is 24.5 Å². The van der Waals surface area contributed by atoms with Crippen LogP contribution in [0.25, 0.3) is 0 Å². The van der Waals surface area contributed by atoms with Crippen LogP contribution < -0.4 is 20.1 Å². The van der Waals surface area contributed by atoms with Crippen LogP contribution in [-0.4, -0.2) is 25.2 Å². The molecule has 0 aliphatic rings. The summed E-state index contributed by atoms with van der Waals surface area (Å²) < 4.78 is 50.6. The highest BCUT2D eigenvalue weighted by Crippen LogP contribution is 2.36. The summed E-state index contributed by atoms with van der Waals surface area (Å²) in [5.41, 5.74) is -0.806. The van der Waals surface area contributed by atoms with E-state index in [-0.39, 0.29) is 10.7 Å². The number of halogens is 4. The zero-order valence-electron chi connectivity index (χ0n) is 16.2. The van der Waals surface area contributed by atoms with Gasteiger partial charge in [0.15, 0.2) is 11.5 Å². The molecule has 0 aliphatic heterocycles. The van der Waals surface area contributed by atoms with Crippen molar-refractivity contribution in [3.05, 3.63) is 47.0 Å². The van der Waals surface area contributed by atoms with Crippen LogP contribution >= 0.6 is 11.6 Å². The Morgan fingerprint density at radius 3 is 2.34 bits per heavy atom. The molecular weight excluding hydrogens is 409 g/mol. The average molecular weight is 431 g/mol. The van der Waals surface area contributed by atoms with Crippen LogP contribution in [0.3, 0.4) is 0 Å². The fraction of sp³-hybridized carbons (Fsp3) is 0.350. The van der Waals surface area contributed by atoms with Gasteiger partial charge in [-0.25, -0.2) is 0 Å². The van der Waals surface area contributed by atoms with Crippen LogP contribution in [0.15, 0.2) is 36.4 Å². The van der Waals surface area contributed by atoms with Crippen molar-refractivity contribution in [1.82, 2.24) is 0 Å². The highest BCUT2D eigenvalue weighted by molar-refractivity contribution is 6.30. The molecule has 2 rings (SSSR count). The Morgan fingerprint density at radius 1 is 1.07 bits per heavy atom. The third-order valence-electron chi connectivity index (χ3n) is 3.86. The Balaban J connectivity index is 2.15. The van der Waals surface area contributed by atoms with Crippen molar-refractivity contribution < 1.29 is 27.4 Å². The van der Waals surface area contributed by atoms with E-state index < -0.39 is 23.7 Å². The van der Waals surface area contributed by atoms with Gasteiger partial charge in [-0.15, -0.1) is 0 Å². The predicted octanol–water partition coefficient (Wildman–Crippen LogP) is 5.60. The maximum absolute atomic E-state index is 13.2. The van der Waals surface area contributed by atoms with E-state index in [1.165, 1.54) is 13.0 Å². The first-order chi connectivity index (χ1) is 13.7. The summed E-state index contributed by atoms with van der Waals surface area (Å²) in [6, 6.07) is 7.42. The van der Waals surface area contributed by atoms with Crippen LogP contribution in [0.5, 0.6) is 11.5 Å². The molecule has 0 spiro atoms. The monoisotopic (exact) mass is 430 g/mol. The largest absolute Gasteiger partial charge is 0.490 e. The molecule has 158 valence electrons. The van der Waals surface area contributed by atoms with Crippen molar-refractivity contribution in [2.45, 2.75) is 33.0 Å². The first-order valence-electron chi connectivity index (χ1n) is 8.99. The minimum absolute atomic E-state index is 0.0701. The Labute approximate surface area is 172 Å². The lowest BCUT2D eigenvalue weighted by molar-refractivity contribution is -0.137. The molecule has 0 bridgehead atoms. The number of carbonyl (C=O) groups is 1. The molecule has 0 radical (unpaired) electrons. The van der Waals surface area contributed by atoms with Gasteiger partial charge in [-0.2, -0.15) is 13.2 Å².